The number of ether oxygens (including phenoxy) is 2. The summed E-state index contributed by atoms with van der Waals surface area (Å²) in [7, 11) is 3.16. The van der Waals surface area contributed by atoms with Gasteiger partial charge in [-0.2, -0.15) is 0 Å². The maximum absolute atomic E-state index is 12.4. The molecule has 1 aromatic heterocycles. The molecule has 0 aliphatic rings. The molecular weight excluding hydrogens is 378 g/mol. The molecule has 28 heavy (non-hydrogen) atoms. The van der Waals surface area contributed by atoms with Gasteiger partial charge in [0.1, 0.15) is 5.82 Å². The van der Waals surface area contributed by atoms with Gasteiger partial charge in [-0.1, -0.05) is 17.7 Å². The highest BCUT2D eigenvalue weighted by Crippen LogP contribution is 2.27. The molecule has 0 unspecified atom stereocenters. The summed E-state index contributed by atoms with van der Waals surface area (Å²) < 4.78 is 10.5. The number of hydrogen-bond acceptors (Lipinski definition) is 5. The molecule has 0 aliphatic carbocycles. The number of carbonyl (C=O) groups is 1. The second-order valence-electron chi connectivity index (χ2n) is 5.94. The number of anilines is 2. The van der Waals surface area contributed by atoms with Crippen LogP contribution in [-0.2, 0) is 6.54 Å². The summed E-state index contributed by atoms with van der Waals surface area (Å²) in [5.74, 6) is 1.69. The molecule has 0 saturated heterocycles. The third kappa shape index (κ3) is 4.92. The fourth-order valence-electron chi connectivity index (χ4n) is 2.56. The van der Waals surface area contributed by atoms with E-state index in [4.69, 9.17) is 21.1 Å². The van der Waals surface area contributed by atoms with Crippen molar-refractivity contribution < 1.29 is 14.3 Å². The van der Waals surface area contributed by atoms with Crippen LogP contribution in [0.2, 0.25) is 5.02 Å². The van der Waals surface area contributed by atoms with Crippen molar-refractivity contribution in [1.82, 2.24) is 10.3 Å². The summed E-state index contributed by atoms with van der Waals surface area (Å²) in [5.41, 5.74) is 2.24. The molecule has 6 nitrogen and oxygen atoms in total. The van der Waals surface area contributed by atoms with Gasteiger partial charge in [0.15, 0.2) is 11.5 Å². The summed E-state index contributed by atoms with van der Waals surface area (Å²) in [6.45, 7) is 0.365. The summed E-state index contributed by atoms with van der Waals surface area (Å²) >= 11 is 5.88. The molecule has 1 amide bonds. The Bertz CT molecular complexity index is 944. The molecule has 0 radical (unpaired) electrons. The second-order valence-corrected chi connectivity index (χ2v) is 6.37. The van der Waals surface area contributed by atoms with E-state index in [-0.39, 0.29) is 5.91 Å². The van der Waals surface area contributed by atoms with E-state index >= 15 is 0 Å². The lowest BCUT2D eigenvalue weighted by Crippen LogP contribution is -2.23. The van der Waals surface area contributed by atoms with Crippen molar-refractivity contribution in [3.63, 3.8) is 0 Å². The maximum Gasteiger partial charge on any atom is 0.253 e. The average Bonchev–Trinajstić information content (AvgIpc) is 2.74. The second kappa shape index (κ2) is 9.10. The Kier molecular flexibility index (Phi) is 6.34. The number of pyridine rings is 1. The zero-order valence-electron chi connectivity index (χ0n) is 15.5. The van der Waals surface area contributed by atoms with Crippen molar-refractivity contribution in [3.8, 4) is 11.5 Å². The number of carbonyl (C=O) groups excluding carboxylic acids is 1. The molecule has 0 spiro atoms. The SMILES string of the molecule is COc1ccc(CNC(=O)c2ccc(Nc3ccc(Cl)cc3)nc2)cc1OC. The minimum absolute atomic E-state index is 0.208. The third-order valence-electron chi connectivity index (χ3n) is 4.04. The highest BCUT2D eigenvalue weighted by molar-refractivity contribution is 6.30. The number of hydrogen-bond donors (Lipinski definition) is 2. The number of nitrogens with zero attached hydrogens (tertiary/aromatic N) is 1. The standard InChI is InChI=1S/C21H20ClN3O3/c1-27-18-9-3-14(11-19(18)28-2)12-24-21(26)15-4-10-20(23-13-15)25-17-7-5-16(22)6-8-17/h3-11,13H,12H2,1-2H3,(H,23,25)(H,24,26). The van der Waals surface area contributed by atoms with Gasteiger partial charge in [0, 0.05) is 23.5 Å². The minimum atomic E-state index is -0.208. The highest BCUT2D eigenvalue weighted by Gasteiger charge is 2.08. The van der Waals surface area contributed by atoms with Gasteiger partial charge >= 0.3 is 0 Å². The smallest absolute Gasteiger partial charge is 0.253 e. The number of rotatable bonds is 7. The summed E-state index contributed by atoms with van der Waals surface area (Å²) in [6.07, 6.45) is 1.53. The van der Waals surface area contributed by atoms with Crippen molar-refractivity contribution >= 4 is 29.0 Å². The van der Waals surface area contributed by atoms with Crippen LogP contribution in [0.4, 0.5) is 11.5 Å². The van der Waals surface area contributed by atoms with Crippen molar-refractivity contribution in [3.05, 3.63) is 76.9 Å². The molecule has 3 aromatic rings. The van der Waals surface area contributed by atoms with Gasteiger partial charge in [0.05, 0.1) is 19.8 Å². The van der Waals surface area contributed by atoms with Crippen molar-refractivity contribution in [1.29, 1.82) is 0 Å². The van der Waals surface area contributed by atoms with Crippen molar-refractivity contribution in [2.45, 2.75) is 6.54 Å². The summed E-state index contributed by atoms with van der Waals surface area (Å²) in [5, 5.41) is 6.69. The first-order valence-corrected chi connectivity index (χ1v) is 8.94. The van der Waals surface area contributed by atoms with E-state index in [2.05, 4.69) is 15.6 Å². The van der Waals surface area contributed by atoms with E-state index in [1.54, 1.807) is 44.6 Å². The average molecular weight is 398 g/mol. The fraction of sp³-hybridized carbons (Fsp3) is 0.143. The monoisotopic (exact) mass is 397 g/mol. The van der Waals surface area contributed by atoms with Gasteiger partial charge in [-0.3, -0.25) is 4.79 Å². The topological polar surface area (TPSA) is 72.5 Å². The van der Waals surface area contributed by atoms with Gasteiger partial charge in [0.25, 0.3) is 5.91 Å². The molecule has 0 fully saturated rings. The Labute approximate surface area is 168 Å². The van der Waals surface area contributed by atoms with E-state index in [1.165, 1.54) is 6.20 Å². The molecular formula is C21H20ClN3O3. The van der Waals surface area contributed by atoms with Gasteiger partial charge in [0.2, 0.25) is 0 Å². The summed E-state index contributed by atoms with van der Waals surface area (Å²) in [6, 6.07) is 16.3. The van der Waals surface area contributed by atoms with E-state index in [1.807, 2.05) is 24.3 Å². The van der Waals surface area contributed by atoms with Crippen LogP contribution in [0.3, 0.4) is 0 Å². The summed E-state index contributed by atoms with van der Waals surface area (Å²) in [4.78, 5) is 16.6. The normalized spacial score (nSPS) is 10.2. The number of benzene rings is 2. The van der Waals surface area contributed by atoms with Crippen LogP contribution in [0.1, 0.15) is 15.9 Å². The highest BCUT2D eigenvalue weighted by atomic mass is 35.5. The van der Waals surface area contributed by atoms with Gasteiger partial charge in [-0.15, -0.1) is 0 Å². The van der Waals surface area contributed by atoms with Gasteiger partial charge in [-0.25, -0.2) is 4.98 Å². The Morgan fingerprint density at radius 3 is 2.39 bits per heavy atom. The van der Waals surface area contributed by atoms with Crippen LogP contribution in [0.15, 0.2) is 60.8 Å². The molecule has 0 saturated carbocycles. The molecule has 7 heteroatoms. The molecule has 144 valence electrons. The Morgan fingerprint density at radius 2 is 1.75 bits per heavy atom. The fourth-order valence-corrected chi connectivity index (χ4v) is 2.68. The first-order chi connectivity index (χ1) is 13.6. The molecule has 0 bridgehead atoms. The van der Waals surface area contributed by atoms with Gasteiger partial charge < -0.3 is 20.1 Å². The zero-order valence-corrected chi connectivity index (χ0v) is 16.3. The van der Waals surface area contributed by atoms with Crippen LogP contribution in [0.25, 0.3) is 0 Å². The molecule has 2 N–H and O–H groups in total. The lowest BCUT2D eigenvalue weighted by atomic mass is 10.2. The zero-order chi connectivity index (χ0) is 19.9. The van der Waals surface area contributed by atoms with E-state index in [0.29, 0.717) is 34.4 Å². The van der Waals surface area contributed by atoms with E-state index in [0.717, 1.165) is 11.3 Å². The van der Waals surface area contributed by atoms with E-state index < -0.39 is 0 Å². The van der Waals surface area contributed by atoms with Crippen LogP contribution >= 0.6 is 11.6 Å². The van der Waals surface area contributed by atoms with Crippen LogP contribution in [-0.4, -0.2) is 25.1 Å². The molecule has 2 aromatic carbocycles. The van der Waals surface area contributed by atoms with Crippen LogP contribution in [0, 0.1) is 0 Å². The minimum Gasteiger partial charge on any atom is -0.493 e. The predicted molar refractivity (Wildman–Crippen MR) is 110 cm³/mol. The van der Waals surface area contributed by atoms with Crippen LogP contribution < -0.4 is 20.1 Å². The maximum atomic E-state index is 12.4. The third-order valence-corrected chi connectivity index (χ3v) is 4.30. The number of amides is 1. The first-order valence-electron chi connectivity index (χ1n) is 8.57. The number of methoxy groups -OCH3 is 2. The predicted octanol–water partition coefficient (Wildman–Crippen LogP) is 4.43. The van der Waals surface area contributed by atoms with Gasteiger partial charge in [-0.05, 0) is 54.1 Å². The molecule has 1 heterocycles. The molecule has 3 rings (SSSR count). The van der Waals surface area contributed by atoms with E-state index in [9.17, 15) is 4.79 Å². The first kappa shape index (κ1) is 19.5. The number of halogens is 1. The van der Waals surface area contributed by atoms with Crippen molar-refractivity contribution in [2.75, 3.05) is 19.5 Å². The Balaban J connectivity index is 1.59. The molecule has 0 atom stereocenters. The van der Waals surface area contributed by atoms with Crippen molar-refractivity contribution in [2.24, 2.45) is 0 Å². The van der Waals surface area contributed by atoms with Crippen LogP contribution in [0.5, 0.6) is 11.5 Å². The largest absolute Gasteiger partial charge is 0.493 e. The lowest BCUT2D eigenvalue weighted by molar-refractivity contribution is 0.0950. The quantitative estimate of drug-likeness (QED) is 0.617. The lowest BCUT2D eigenvalue weighted by Gasteiger charge is -2.11. The Morgan fingerprint density at radius 1 is 1.00 bits per heavy atom. The number of nitrogens with one attached hydrogen (secondary N) is 2. The Hall–Kier alpha value is -3.25. The number of aromatic nitrogens is 1. The molecule has 0 aliphatic heterocycles.